The molecule has 0 atom stereocenters. The Morgan fingerprint density at radius 1 is 1.12 bits per heavy atom. The van der Waals surface area contributed by atoms with Crippen LogP contribution in [0, 0.1) is 23.0 Å². The van der Waals surface area contributed by atoms with Crippen molar-refractivity contribution in [3.63, 3.8) is 0 Å². The molecule has 0 radical (unpaired) electrons. The Balaban J connectivity index is 3.10. The van der Waals surface area contributed by atoms with Crippen molar-refractivity contribution in [2.45, 2.75) is 20.3 Å². The smallest absolute Gasteiger partial charge is 0.129 e. The highest BCUT2D eigenvalue weighted by Gasteiger charge is 2.34. The highest BCUT2D eigenvalue weighted by molar-refractivity contribution is 5.21. The molecule has 1 rings (SSSR count). The van der Waals surface area contributed by atoms with E-state index in [9.17, 15) is 19.0 Å². The molecule has 0 spiro atoms. The molecule has 0 fully saturated rings. The second-order valence-corrected chi connectivity index (χ2v) is 4.71. The van der Waals surface area contributed by atoms with Crippen LogP contribution < -0.4 is 0 Å². The van der Waals surface area contributed by atoms with Crippen LogP contribution in [0.1, 0.15) is 19.4 Å². The van der Waals surface area contributed by atoms with Gasteiger partial charge in [-0.2, -0.15) is 0 Å². The molecule has 1 aromatic rings. The standard InChI is InChI=1S/C13H18F2O2/c1-9(2)13(7-16,8-17)6-10-11(14)4-3-5-12(10)15/h3-5,9,16-17H,6-8H2,1-2H3. The number of hydrogen-bond acceptors (Lipinski definition) is 2. The van der Waals surface area contributed by atoms with Gasteiger partial charge < -0.3 is 10.2 Å². The summed E-state index contributed by atoms with van der Waals surface area (Å²) in [5.74, 6) is -1.37. The van der Waals surface area contributed by atoms with Crippen LogP contribution in [0.25, 0.3) is 0 Å². The first-order valence-electron chi connectivity index (χ1n) is 5.61. The Labute approximate surface area is 99.9 Å². The van der Waals surface area contributed by atoms with Gasteiger partial charge >= 0.3 is 0 Å². The van der Waals surface area contributed by atoms with Crippen molar-refractivity contribution in [3.8, 4) is 0 Å². The topological polar surface area (TPSA) is 40.5 Å². The zero-order valence-corrected chi connectivity index (χ0v) is 10.1. The zero-order valence-electron chi connectivity index (χ0n) is 10.1. The molecule has 0 amide bonds. The van der Waals surface area contributed by atoms with Gasteiger partial charge in [-0.1, -0.05) is 19.9 Å². The molecule has 0 aliphatic heterocycles. The number of aliphatic hydroxyl groups is 2. The van der Waals surface area contributed by atoms with Crippen LogP contribution in [0.3, 0.4) is 0 Å². The Morgan fingerprint density at radius 3 is 1.94 bits per heavy atom. The molecular weight excluding hydrogens is 226 g/mol. The predicted octanol–water partition coefficient (Wildman–Crippen LogP) is 2.13. The Hall–Kier alpha value is -1.00. The van der Waals surface area contributed by atoms with E-state index in [1.54, 1.807) is 0 Å². The average molecular weight is 244 g/mol. The maximum Gasteiger partial charge on any atom is 0.129 e. The van der Waals surface area contributed by atoms with Gasteiger partial charge in [0.25, 0.3) is 0 Å². The predicted molar refractivity (Wildman–Crippen MR) is 61.5 cm³/mol. The van der Waals surface area contributed by atoms with E-state index >= 15 is 0 Å². The normalized spacial score (nSPS) is 12.2. The number of halogens is 2. The van der Waals surface area contributed by atoms with E-state index in [1.807, 2.05) is 13.8 Å². The minimum Gasteiger partial charge on any atom is -0.396 e. The summed E-state index contributed by atoms with van der Waals surface area (Å²) in [5, 5.41) is 18.8. The van der Waals surface area contributed by atoms with Crippen molar-refractivity contribution in [2.75, 3.05) is 13.2 Å². The monoisotopic (exact) mass is 244 g/mol. The molecule has 0 saturated carbocycles. The molecule has 0 unspecified atom stereocenters. The summed E-state index contributed by atoms with van der Waals surface area (Å²) in [7, 11) is 0. The highest BCUT2D eigenvalue weighted by Crippen LogP contribution is 2.32. The summed E-state index contributed by atoms with van der Waals surface area (Å²) in [6.07, 6.45) is -0.0177. The summed E-state index contributed by atoms with van der Waals surface area (Å²) >= 11 is 0. The third-order valence-electron chi connectivity index (χ3n) is 3.45. The molecule has 96 valence electrons. The van der Waals surface area contributed by atoms with Crippen LogP contribution in [-0.2, 0) is 6.42 Å². The molecule has 0 saturated heterocycles. The first kappa shape index (κ1) is 14.1. The Morgan fingerprint density at radius 2 is 1.59 bits per heavy atom. The average Bonchev–Trinajstić information content (AvgIpc) is 2.29. The van der Waals surface area contributed by atoms with Gasteiger partial charge in [0, 0.05) is 11.0 Å². The van der Waals surface area contributed by atoms with Crippen molar-refractivity contribution in [2.24, 2.45) is 11.3 Å². The molecule has 2 nitrogen and oxygen atoms in total. The van der Waals surface area contributed by atoms with Crippen molar-refractivity contribution in [1.29, 1.82) is 0 Å². The minimum absolute atomic E-state index is 0.0177. The van der Waals surface area contributed by atoms with E-state index < -0.39 is 17.0 Å². The van der Waals surface area contributed by atoms with Gasteiger partial charge in [0.15, 0.2) is 0 Å². The lowest BCUT2D eigenvalue weighted by Crippen LogP contribution is -2.38. The van der Waals surface area contributed by atoms with E-state index in [-0.39, 0.29) is 31.1 Å². The fourth-order valence-corrected chi connectivity index (χ4v) is 1.78. The molecule has 1 aromatic carbocycles. The van der Waals surface area contributed by atoms with Gasteiger partial charge in [-0.15, -0.1) is 0 Å². The van der Waals surface area contributed by atoms with E-state index in [0.717, 1.165) is 0 Å². The Bertz CT molecular complexity index is 353. The van der Waals surface area contributed by atoms with Crippen LogP contribution in [-0.4, -0.2) is 23.4 Å². The summed E-state index contributed by atoms with van der Waals surface area (Å²) in [6.45, 7) is 3.00. The van der Waals surface area contributed by atoms with Crippen LogP contribution in [0.15, 0.2) is 18.2 Å². The molecule has 0 aliphatic rings. The molecule has 0 bridgehead atoms. The van der Waals surface area contributed by atoms with Gasteiger partial charge in [0.2, 0.25) is 0 Å². The lowest BCUT2D eigenvalue weighted by atomic mass is 9.74. The van der Waals surface area contributed by atoms with E-state index in [2.05, 4.69) is 0 Å². The maximum atomic E-state index is 13.5. The van der Waals surface area contributed by atoms with Crippen molar-refractivity contribution in [3.05, 3.63) is 35.4 Å². The molecule has 2 N–H and O–H groups in total. The largest absolute Gasteiger partial charge is 0.396 e. The molecule has 0 aromatic heterocycles. The molecule has 0 heterocycles. The van der Waals surface area contributed by atoms with Crippen LogP contribution in [0.4, 0.5) is 8.78 Å². The van der Waals surface area contributed by atoms with Gasteiger partial charge in [-0.05, 0) is 24.5 Å². The van der Waals surface area contributed by atoms with Crippen molar-refractivity contribution >= 4 is 0 Å². The summed E-state index contributed by atoms with van der Waals surface area (Å²) in [5.41, 5.74) is -0.979. The van der Waals surface area contributed by atoms with Gasteiger partial charge in [0.05, 0.1) is 13.2 Å². The third kappa shape index (κ3) is 2.82. The highest BCUT2D eigenvalue weighted by atomic mass is 19.1. The quantitative estimate of drug-likeness (QED) is 0.833. The van der Waals surface area contributed by atoms with Gasteiger partial charge in [-0.25, -0.2) is 8.78 Å². The SMILES string of the molecule is CC(C)C(CO)(CO)Cc1c(F)cccc1F. The summed E-state index contributed by atoms with van der Waals surface area (Å²) in [4.78, 5) is 0. The van der Waals surface area contributed by atoms with E-state index in [4.69, 9.17) is 0 Å². The maximum absolute atomic E-state index is 13.5. The number of hydrogen-bond donors (Lipinski definition) is 2. The number of rotatable bonds is 5. The lowest BCUT2D eigenvalue weighted by Gasteiger charge is -2.34. The van der Waals surface area contributed by atoms with Crippen LogP contribution >= 0.6 is 0 Å². The minimum atomic E-state index is -0.900. The fraction of sp³-hybridized carbons (Fsp3) is 0.538. The molecule has 4 heteroatoms. The second kappa shape index (κ2) is 5.56. The first-order chi connectivity index (χ1) is 7.96. The van der Waals surface area contributed by atoms with Crippen LogP contribution in [0.5, 0.6) is 0 Å². The van der Waals surface area contributed by atoms with E-state index in [1.165, 1.54) is 18.2 Å². The molecular formula is C13H18F2O2. The first-order valence-corrected chi connectivity index (χ1v) is 5.61. The summed E-state index contributed by atoms with van der Waals surface area (Å²) < 4.78 is 27.0. The van der Waals surface area contributed by atoms with E-state index in [0.29, 0.717) is 0 Å². The zero-order chi connectivity index (χ0) is 13.1. The second-order valence-electron chi connectivity index (χ2n) is 4.71. The fourth-order valence-electron chi connectivity index (χ4n) is 1.78. The third-order valence-corrected chi connectivity index (χ3v) is 3.45. The van der Waals surface area contributed by atoms with Crippen LogP contribution in [0.2, 0.25) is 0 Å². The summed E-state index contributed by atoms with van der Waals surface area (Å²) in [6, 6.07) is 3.65. The number of benzene rings is 1. The molecule has 17 heavy (non-hydrogen) atoms. The molecule has 0 aliphatic carbocycles. The van der Waals surface area contributed by atoms with Crippen molar-refractivity contribution < 1.29 is 19.0 Å². The Kier molecular flexibility index (Phi) is 4.60. The van der Waals surface area contributed by atoms with Crippen molar-refractivity contribution in [1.82, 2.24) is 0 Å². The lowest BCUT2D eigenvalue weighted by molar-refractivity contribution is 0.0151. The number of aliphatic hydroxyl groups excluding tert-OH is 2. The van der Waals surface area contributed by atoms with Gasteiger partial charge in [0.1, 0.15) is 11.6 Å². The van der Waals surface area contributed by atoms with Gasteiger partial charge in [-0.3, -0.25) is 0 Å².